The molecule has 1 aliphatic rings. The molecule has 0 aliphatic carbocycles. The summed E-state index contributed by atoms with van der Waals surface area (Å²) in [6.45, 7) is 4.73. The number of hydrogen-bond acceptors (Lipinski definition) is 2. The Morgan fingerprint density at radius 3 is 2.72 bits per heavy atom. The Bertz CT molecular complexity index is 453. The SMILES string of the molecule is CB1C(C)S1(C)CCCc1ccc(O)c(C=O)c1. The number of aromatic hydroxyl groups is 1. The molecule has 0 saturated carbocycles. The number of carbonyl (C=O) groups is 1. The molecule has 0 radical (unpaired) electrons. The molecule has 2 atom stereocenters. The lowest BCUT2D eigenvalue weighted by Gasteiger charge is -2.17. The van der Waals surface area contributed by atoms with Gasteiger partial charge in [-0.3, -0.25) is 14.7 Å². The highest BCUT2D eigenvalue weighted by atomic mass is 32.3. The smallest absolute Gasteiger partial charge is 0.198 e. The van der Waals surface area contributed by atoms with Gasteiger partial charge >= 0.3 is 0 Å². The van der Waals surface area contributed by atoms with Crippen molar-refractivity contribution < 1.29 is 9.90 Å². The van der Waals surface area contributed by atoms with Crippen molar-refractivity contribution in [1.82, 2.24) is 0 Å². The molecule has 98 valence electrons. The second kappa shape index (κ2) is 5.00. The first-order valence-corrected chi connectivity index (χ1v) is 8.83. The normalized spacial score (nSPS) is 29.7. The Kier molecular flexibility index (Phi) is 3.76. The molecule has 1 aromatic rings. The van der Waals surface area contributed by atoms with Gasteiger partial charge in [0.1, 0.15) is 5.75 Å². The van der Waals surface area contributed by atoms with Crippen molar-refractivity contribution in [2.45, 2.75) is 31.7 Å². The van der Waals surface area contributed by atoms with Gasteiger partial charge in [0.05, 0.1) is 5.56 Å². The topological polar surface area (TPSA) is 37.3 Å². The lowest BCUT2D eigenvalue weighted by molar-refractivity contribution is 0.112. The maximum atomic E-state index is 10.8. The predicted molar refractivity (Wildman–Crippen MR) is 81.3 cm³/mol. The van der Waals surface area contributed by atoms with Crippen molar-refractivity contribution in [3.8, 4) is 5.75 Å². The molecule has 1 saturated heterocycles. The quantitative estimate of drug-likeness (QED) is 0.504. The number of aryl methyl sites for hydroxylation is 1. The number of benzene rings is 1. The fourth-order valence-corrected chi connectivity index (χ4v) is 6.45. The van der Waals surface area contributed by atoms with E-state index in [4.69, 9.17) is 0 Å². The summed E-state index contributed by atoms with van der Waals surface area (Å²) in [6.07, 6.45) is 5.36. The average molecular weight is 264 g/mol. The number of phenolic OH excluding ortho intramolecular Hbond substituents is 1. The van der Waals surface area contributed by atoms with Crippen LogP contribution in [0.5, 0.6) is 5.75 Å². The highest BCUT2D eigenvalue weighted by Crippen LogP contribution is 2.69. The zero-order valence-corrected chi connectivity index (χ0v) is 12.2. The number of carbonyl (C=O) groups excluding carboxylic acids is 1. The number of aldehydes is 1. The van der Waals surface area contributed by atoms with Crippen LogP contribution in [0.15, 0.2) is 18.2 Å². The maximum absolute atomic E-state index is 10.8. The molecule has 0 bridgehead atoms. The molecular weight excluding hydrogens is 243 g/mol. The van der Waals surface area contributed by atoms with Gasteiger partial charge in [0.25, 0.3) is 0 Å². The van der Waals surface area contributed by atoms with Crippen LogP contribution in [-0.2, 0) is 6.42 Å². The Balaban J connectivity index is 1.89. The van der Waals surface area contributed by atoms with Gasteiger partial charge in [-0.25, -0.2) is 0 Å². The zero-order chi connectivity index (χ0) is 13.3. The van der Waals surface area contributed by atoms with Gasteiger partial charge in [-0.05, 0) is 47.7 Å². The van der Waals surface area contributed by atoms with Crippen LogP contribution in [0.1, 0.15) is 29.3 Å². The third kappa shape index (κ3) is 2.44. The molecule has 0 aromatic heterocycles. The van der Waals surface area contributed by atoms with Gasteiger partial charge < -0.3 is 5.11 Å². The third-order valence-electron chi connectivity index (χ3n) is 4.55. The summed E-state index contributed by atoms with van der Waals surface area (Å²) in [6, 6.07) is 5.34. The van der Waals surface area contributed by atoms with Crippen molar-refractivity contribution in [1.29, 1.82) is 0 Å². The number of phenols is 1. The molecule has 0 amide bonds. The molecule has 2 unspecified atom stereocenters. The number of rotatable bonds is 5. The van der Waals surface area contributed by atoms with E-state index in [1.54, 1.807) is 12.1 Å². The monoisotopic (exact) mass is 264 g/mol. The third-order valence-corrected chi connectivity index (χ3v) is 9.62. The van der Waals surface area contributed by atoms with E-state index in [0.29, 0.717) is 5.56 Å². The van der Waals surface area contributed by atoms with Gasteiger partial charge in [0.15, 0.2) is 12.3 Å². The van der Waals surface area contributed by atoms with Crippen LogP contribution in [0.25, 0.3) is 0 Å². The zero-order valence-electron chi connectivity index (χ0n) is 11.3. The van der Waals surface area contributed by atoms with Gasteiger partial charge in [-0.15, -0.1) is 0 Å². The van der Waals surface area contributed by atoms with Crippen LogP contribution in [0.3, 0.4) is 0 Å². The molecule has 1 fully saturated rings. The summed E-state index contributed by atoms with van der Waals surface area (Å²) < 4.78 is 0. The fourth-order valence-electron chi connectivity index (χ4n) is 2.67. The van der Waals surface area contributed by atoms with Gasteiger partial charge in [0.2, 0.25) is 0 Å². The standard InChI is InChI=1S/C14H21BO2S/c1-11-15(2)18(11,3)8-4-5-12-6-7-14(17)13(9-12)10-16/h6-7,9-11,17H,4-5,8H2,1-3H3. The molecule has 1 N–H and O–H groups in total. The molecule has 0 spiro atoms. The summed E-state index contributed by atoms with van der Waals surface area (Å²) in [5.74, 6) is 2.32. The molecule has 1 aliphatic heterocycles. The Hall–Kier alpha value is -0.895. The van der Waals surface area contributed by atoms with Crippen molar-refractivity contribution >= 4 is 22.2 Å². The maximum Gasteiger partial charge on any atom is 0.198 e. The first-order chi connectivity index (χ1) is 8.49. The van der Waals surface area contributed by atoms with Crippen LogP contribution < -0.4 is 0 Å². The van der Waals surface area contributed by atoms with E-state index in [-0.39, 0.29) is 15.6 Å². The predicted octanol–water partition coefficient (Wildman–Crippen LogP) is 3.13. The van der Waals surface area contributed by atoms with Crippen LogP contribution in [0.4, 0.5) is 0 Å². The largest absolute Gasteiger partial charge is 0.507 e. The lowest BCUT2D eigenvalue weighted by Crippen LogP contribution is -1.96. The molecule has 1 heterocycles. The summed E-state index contributed by atoms with van der Waals surface area (Å²) >= 11 is 0. The van der Waals surface area contributed by atoms with E-state index in [9.17, 15) is 9.90 Å². The van der Waals surface area contributed by atoms with Crippen molar-refractivity contribution in [3.63, 3.8) is 0 Å². The van der Waals surface area contributed by atoms with E-state index in [1.165, 1.54) is 12.2 Å². The second-order valence-electron chi connectivity index (χ2n) is 5.46. The summed E-state index contributed by atoms with van der Waals surface area (Å²) in [7, 11) is -0.344. The molecular formula is C14H21BO2S. The molecule has 1 aromatic carbocycles. The lowest BCUT2D eigenvalue weighted by atomic mass is 9.79. The van der Waals surface area contributed by atoms with Crippen LogP contribution in [0.2, 0.25) is 6.82 Å². The van der Waals surface area contributed by atoms with E-state index in [2.05, 4.69) is 20.0 Å². The highest BCUT2D eigenvalue weighted by Gasteiger charge is 2.52. The molecule has 2 nitrogen and oxygen atoms in total. The highest BCUT2D eigenvalue weighted by molar-refractivity contribution is 8.65. The number of hydrogen-bond donors (Lipinski definition) is 1. The minimum Gasteiger partial charge on any atom is -0.507 e. The van der Waals surface area contributed by atoms with E-state index in [0.717, 1.165) is 29.4 Å². The summed E-state index contributed by atoms with van der Waals surface area (Å²) in [5.41, 5.74) is 1.55. The van der Waals surface area contributed by atoms with Gasteiger partial charge in [-0.1, -0.05) is 19.8 Å². The Morgan fingerprint density at radius 2 is 2.17 bits per heavy atom. The first-order valence-electron chi connectivity index (χ1n) is 6.50. The molecule has 2 rings (SSSR count). The van der Waals surface area contributed by atoms with E-state index < -0.39 is 0 Å². The van der Waals surface area contributed by atoms with Gasteiger partial charge in [-0.2, -0.15) is 0 Å². The van der Waals surface area contributed by atoms with Crippen molar-refractivity contribution in [2.24, 2.45) is 0 Å². The van der Waals surface area contributed by atoms with Crippen molar-refractivity contribution in [2.75, 3.05) is 12.0 Å². The van der Waals surface area contributed by atoms with Crippen molar-refractivity contribution in [3.05, 3.63) is 29.3 Å². The fraction of sp³-hybridized carbons (Fsp3) is 0.500. The van der Waals surface area contributed by atoms with Crippen LogP contribution >= 0.6 is 9.88 Å². The average Bonchev–Trinajstić information content (AvgIpc) is 2.83. The van der Waals surface area contributed by atoms with Crippen LogP contribution in [-0.4, -0.2) is 34.5 Å². The van der Waals surface area contributed by atoms with Gasteiger partial charge in [0, 0.05) is 0 Å². The first kappa shape index (κ1) is 13.5. The second-order valence-corrected chi connectivity index (χ2v) is 9.81. The molecule has 4 heteroatoms. The summed E-state index contributed by atoms with van der Waals surface area (Å²) in [5, 5.41) is 10.4. The van der Waals surface area contributed by atoms with E-state index in [1.807, 2.05) is 6.07 Å². The van der Waals surface area contributed by atoms with Crippen LogP contribution in [0, 0.1) is 0 Å². The molecule has 18 heavy (non-hydrogen) atoms. The minimum atomic E-state index is -0.344. The van der Waals surface area contributed by atoms with E-state index >= 15 is 0 Å². The summed E-state index contributed by atoms with van der Waals surface area (Å²) in [4.78, 5) is 10.8. The Morgan fingerprint density at radius 1 is 1.50 bits per heavy atom. The minimum absolute atomic E-state index is 0.0794. The Labute approximate surface area is 111 Å².